The van der Waals surface area contributed by atoms with Gasteiger partial charge in [0.15, 0.2) is 0 Å². The van der Waals surface area contributed by atoms with Crippen LogP contribution in [0, 0.1) is 0 Å². The van der Waals surface area contributed by atoms with Crippen LogP contribution in [0.3, 0.4) is 0 Å². The van der Waals surface area contributed by atoms with Crippen LogP contribution in [-0.2, 0) is 0 Å². The predicted octanol–water partition coefficient (Wildman–Crippen LogP) is 5.06. The normalized spacial score (nSPS) is 10.5. The van der Waals surface area contributed by atoms with Crippen LogP contribution in [0.2, 0.25) is 0 Å². The third kappa shape index (κ3) is 4.40. The molecule has 0 spiro atoms. The van der Waals surface area contributed by atoms with Gasteiger partial charge >= 0.3 is 0 Å². The van der Waals surface area contributed by atoms with Gasteiger partial charge < -0.3 is 19.3 Å². The van der Waals surface area contributed by atoms with Gasteiger partial charge in [-0.25, -0.2) is 0 Å². The highest BCUT2D eigenvalue weighted by molar-refractivity contribution is 6.08. The summed E-state index contributed by atoms with van der Waals surface area (Å²) in [6.45, 7) is 2.39. The lowest BCUT2D eigenvalue weighted by Gasteiger charge is -2.12. The SMILES string of the molecule is CCOc1ccccc1NC(=O)c1ccccc1-c1nc(-c2cccc(OC)c2)no1. The monoisotopic (exact) mass is 415 g/mol. The molecule has 31 heavy (non-hydrogen) atoms. The molecule has 4 aromatic rings. The molecule has 7 nitrogen and oxygen atoms in total. The van der Waals surface area contributed by atoms with Crippen LogP contribution in [0.5, 0.6) is 11.5 Å². The molecule has 1 aromatic heterocycles. The molecule has 0 saturated carbocycles. The maximum absolute atomic E-state index is 13.1. The molecule has 156 valence electrons. The third-order valence-electron chi connectivity index (χ3n) is 4.59. The van der Waals surface area contributed by atoms with Crippen molar-refractivity contribution in [2.75, 3.05) is 19.0 Å². The fourth-order valence-electron chi connectivity index (χ4n) is 3.12. The van der Waals surface area contributed by atoms with Crippen molar-refractivity contribution >= 4 is 11.6 Å². The fourth-order valence-corrected chi connectivity index (χ4v) is 3.12. The first-order valence-electron chi connectivity index (χ1n) is 9.80. The zero-order chi connectivity index (χ0) is 21.6. The Hall–Kier alpha value is -4.13. The summed E-state index contributed by atoms with van der Waals surface area (Å²) in [5.41, 5.74) is 2.29. The molecule has 7 heteroatoms. The molecule has 3 aromatic carbocycles. The van der Waals surface area contributed by atoms with E-state index in [1.54, 1.807) is 31.4 Å². The van der Waals surface area contributed by atoms with Gasteiger partial charge in [-0.05, 0) is 43.3 Å². The first-order chi connectivity index (χ1) is 15.2. The number of carbonyl (C=O) groups is 1. The van der Waals surface area contributed by atoms with Crippen molar-refractivity contribution in [2.45, 2.75) is 6.92 Å². The number of anilines is 1. The average Bonchev–Trinajstić information content (AvgIpc) is 3.31. The van der Waals surface area contributed by atoms with Crippen molar-refractivity contribution in [1.29, 1.82) is 0 Å². The number of para-hydroxylation sites is 2. The zero-order valence-corrected chi connectivity index (χ0v) is 17.2. The molecule has 0 unspecified atom stereocenters. The first kappa shape index (κ1) is 20.2. The van der Waals surface area contributed by atoms with Crippen molar-refractivity contribution in [3.63, 3.8) is 0 Å². The second-order valence-electron chi connectivity index (χ2n) is 6.58. The molecule has 0 bridgehead atoms. The Balaban J connectivity index is 1.64. The summed E-state index contributed by atoms with van der Waals surface area (Å²) in [7, 11) is 1.60. The Labute approximate surface area is 179 Å². The van der Waals surface area contributed by atoms with Gasteiger partial charge in [-0.15, -0.1) is 0 Å². The number of hydrogen-bond donors (Lipinski definition) is 1. The van der Waals surface area contributed by atoms with Crippen molar-refractivity contribution in [3.8, 4) is 34.3 Å². The van der Waals surface area contributed by atoms with E-state index < -0.39 is 0 Å². The number of carbonyl (C=O) groups excluding carboxylic acids is 1. The Morgan fingerprint density at radius 3 is 2.68 bits per heavy atom. The number of amides is 1. The minimum Gasteiger partial charge on any atom is -0.497 e. The van der Waals surface area contributed by atoms with Crippen molar-refractivity contribution < 1.29 is 18.8 Å². The van der Waals surface area contributed by atoms with Gasteiger partial charge in [0.1, 0.15) is 11.5 Å². The summed E-state index contributed by atoms with van der Waals surface area (Å²) in [6.07, 6.45) is 0. The van der Waals surface area contributed by atoms with Crippen LogP contribution in [-0.4, -0.2) is 29.8 Å². The highest BCUT2D eigenvalue weighted by Gasteiger charge is 2.19. The fraction of sp³-hybridized carbons (Fsp3) is 0.125. The van der Waals surface area contributed by atoms with E-state index in [4.69, 9.17) is 14.0 Å². The first-order valence-corrected chi connectivity index (χ1v) is 9.80. The van der Waals surface area contributed by atoms with Crippen LogP contribution >= 0.6 is 0 Å². The zero-order valence-electron chi connectivity index (χ0n) is 17.2. The highest BCUT2D eigenvalue weighted by Crippen LogP contribution is 2.29. The second kappa shape index (κ2) is 9.13. The van der Waals surface area contributed by atoms with Crippen LogP contribution < -0.4 is 14.8 Å². The number of hydrogen-bond acceptors (Lipinski definition) is 6. The molecule has 4 rings (SSSR count). The number of nitrogens with zero attached hydrogens (tertiary/aromatic N) is 2. The lowest BCUT2D eigenvalue weighted by Crippen LogP contribution is -2.14. The Kier molecular flexibility index (Phi) is 5.93. The van der Waals surface area contributed by atoms with Gasteiger partial charge in [-0.1, -0.05) is 41.6 Å². The summed E-state index contributed by atoms with van der Waals surface area (Å²) in [4.78, 5) is 17.5. The molecule has 0 aliphatic carbocycles. The minimum atomic E-state index is -0.302. The predicted molar refractivity (Wildman–Crippen MR) is 117 cm³/mol. The van der Waals surface area contributed by atoms with E-state index in [-0.39, 0.29) is 11.8 Å². The smallest absolute Gasteiger partial charge is 0.259 e. The quantitative estimate of drug-likeness (QED) is 0.454. The van der Waals surface area contributed by atoms with Gasteiger partial charge in [0.25, 0.3) is 11.8 Å². The third-order valence-corrected chi connectivity index (χ3v) is 4.59. The molecule has 0 saturated heterocycles. The summed E-state index contributed by atoms with van der Waals surface area (Å²) < 4.78 is 16.3. The summed E-state index contributed by atoms with van der Waals surface area (Å²) in [6, 6.07) is 21.7. The topological polar surface area (TPSA) is 86.5 Å². The minimum absolute atomic E-state index is 0.252. The van der Waals surface area contributed by atoms with E-state index in [2.05, 4.69) is 15.5 Å². The molecular weight excluding hydrogens is 394 g/mol. The molecule has 1 amide bonds. The molecule has 1 heterocycles. The van der Waals surface area contributed by atoms with Crippen LogP contribution in [0.25, 0.3) is 22.8 Å². The summed E-state index contributed by atoms with van der Waals surface area (Å²) in [5, 5.41) is 6.97. The van der Waals surface area contributed by atoms with E-state index >= 15 is 0 Å². The summed E-state index contributed by atoms with van der Waals surface area (Å²) in [5.74, 6) is 1.65. The second-order valence-corrected chi connectivity index (χ2v) is 6.58. The number of methoxy groups -OCH3 is 1. The molecule has 0 aliphatic rings. The largest absolute Gasteiger partial charge is 0.497 e. The lowest BCUT2D eigenvalue weighted by atomic mass is 10.1. The standard InChI is InChI=1S/C24H21N3O4/c1-3-30-21-14-7-6-13-20(21)25-23(28)18-11-4-5-12-19(18)24-26-22(27-31-24)16-9-8-10-17(15-16)29-2/h4-15H,3H2,1-2H3,(H,25,28). The van der Waals surface area contributed by atoms with Gasteiger partial charge in [0, 0.05) is 5.56 Å². The van der Waals surface area contributed by atoms with Gasteiger partial charge in [0.2, 0.25) is 5.82 Å². The Morgan fingerprint density at radius 1 is 1.03 bits per heavy atom. The lowest BCUT2D eigenvalue weighted by molar-refractivity contribution is 0.102. The van der Waals surface area contributed by atoms with Gasteiger partial charge in [-0.3, -0.25) is 4.79 Å². The highest BCUT2D eigenvalue weighted by atomic mass is 16.5. The van der Waals surface area contributed by atoms with Crippen molar-refractivity contribution in [3.05, 3.63) is 78.4 Å². The molecular formula is C24H21N3O4. The molecule has 0 fully saturated rings. The molecule has 1 N–H and O–H groups in total. The summed E-state index contributed by atoms with van der Waals surface area (Å²) >= 11 is 0. The van der Waals surface area contributed by atoms with E-state index in [1.165, 1.54) is 0 Å². The molecule has 0 radical (unpaired) electrons. The van der Waals surface area contributed by atoms with Crippen molar-refractivity contribution in [1.82, 2.24) is 10.1 Å². The van der Waals surface area contributed by atoms with Gasteiger partial charge in [0.05, 0.1) is 30.5 Å². The van der Waals surface area contributed by atoms with Crippen LogP contribution in [0.4, 0.5) is 5.69 Å². The number of nitrogens with one attached hydrogen (secondary N) is 1. The maximum atomic E-state index is 13.1. The molecule has 0 atom stereocenters. The van der Waals surface area contributed by atoms with Crippen LogP contribution in [0.15, 0.2) is 77.3 Å². The van der Waals surface area contributed by atoms with E-state index in [1.807, 2.05) is 55.5 Å². The Morgan fingerprint density at radius 2 is 1.84 bits per heavy atom. The van der Waals surface area contributed by atoms with Gasteiger partial charge in [-0.2, -0.15) is 4.98 Å². The van der Waals surface area contributed by atoms with Crippen molar-refractivity contribution in [2.24, 2.45) is 0 Å². The number of ether oxygens (including phenoxy) is 2. The average molecular weight is 415 g/mol. The van der Waals surface area contributed by atoms with E-state index in [9.17, 15) is 4.79 Å². The Bertz CT molecular complexity index is 1200. The van der Waals surface area contributed by atoms with E-state index in [0.717, 1.165) is 5.56 Å². The number of aromatic nitrogens is 2. The van der Waals surface area contributed by atoms with Crippen LogP contribution in [0.1, 0.15) is 17.3 Å². The molecule has 0 aliphatic heterocycles. The number of benzene rings is 3. The van der Waals surface area contributed by atoms with E-state index in [0.29, 0.717) is 40.7 Å². The number of rotatable bonds is 7. The maximum Gasteiger partial charge on any atom is 0.259 e.